The van der Waals surface area contributed by atoms with Crippen LogP contribution in [0.1, 0.15) is 36.5 Å². The first-order valence-electron chi connectivity index (χ1n) is 5.56. The maximum absolute atomic E-state index is 11.1. The molecular weight excluding hydrogens is 240 g/mol. The Balaban J connectivity index is 2.41. The minimum atomic E-state index is 0.232. The quantitative estimate of drug-likeness (QED) is 0.554. The molecule has 1 aromatic carbocycles. The fourth-order valence-electron chi connectivity index (χ4n) is 1.34. The molecule has 0 bridgehead atoms. The number of halogens is 1. The molecule has 0 atom stereocenters. The summed E-state index contributed by atoms with van der Waals surface area (Å²) in [6, 6.07) is 4.86. The molecule has 0 heterocycles. The van der Waals surface area contributed by atoms with E-state index >= 15 is 0 Å². The average molecular weight is 255 g/mol. The number of ketones is 1. The summed E-state index contributed by atoms with van der Waals surface area (Å²) < 4.78 is 5.43. The Morgan fingerprint density at radius 1 is 1.47 bits per heavy atom. The van der Waals surface area contributed by atoms with Crippen molar-refractivity contribution in [1.82, 2.24) is 0 Å². The van der Waals surface area contributed by atoms with Crippen molar-refractivity contribution >= 4 is 23.7 Å². The van der Waals surface area contributed by atoms with E-state index in [9.17, 15) is 9.59 Å². The maximum atomic E-state index is 11.1. The lowest BCUT2D eigenvalue weighted by atomic mass is 10.2. The second-order valence-corrected chi connectivity index (χ2v) is 4.06. The molecule has 3 nitrogen and oxygen atoms in total. The summed E-state index contributed by atoms with van der Waals surface area (Å²) in [6.07, 6.45) is 2.50. The van der Waals surface area contributed by atoms with E-state index in [0.717, 1.165) is 6.29 Å². The van der Waals surface area contributed by atoms with E-state index in [4.69, 9.17) is 16.3 Å². The van der Waals surface area contributed by atoms with Crippen LogP contribution < -0.4 is 4.74 Å². The molecule has 1 rings (SSSR count). The van der Waals surface area contributed by atoms with Crippen LogP contribution in [0.2, 0.25) is 5.02 Å². The summed E-state index contributed by atoms with van der Waals surface area (Å²) >= 11 is 5.93. The van der Waals surface area contributed by atoms with Gasteiger partial charge in [0.25, 0.3) is 0 Å². The molecule has 17 heavy (non-hydrogen) atoms. The van der Waals surface area contributed by atoms with Crippen molar-refractivity contribution in [2.24, 2.45) is 0 Å². The zero-order valence-corrected chi connectivity index (χ0v) is 10.5. The number of aldehydes is 1. The molecule has 0 amide bonds. The van der Waals surface area contributed by atoms with E-state index in [1.54, 1.807) is 18.2 Å². The van der Waals surface area contributed by atoms with Gasteiger partial charge in [-0.25, -0.2) is 0 Å². The van der Waals surface area contributed by atoms with Crippen LogP contribution in [0.3, 0.4) is 0 Å². The standard InChI is InChI=1S/C13H15ClO3/c1-2-11(16)4-3-7-17-13-6-5-10(9-15)8-12(13)14/h5-6,8-9H,2-4,7H2,1H3. The van der Waals surface area contributed by atoms with Crippen molar-refractivity contribution < 1.29 is 14.3 Å². The second-order valence-electron chi connectivity index (χ2n) is 3.65. The van der Waals surface area contributed by atoms with Gasteiger partial charge in [-0.2, -0.15) is 0 Å². The van der Waals surface area contributed by atoms with E-state index in [0.29, 0.717) is 42.2 Å². The largest absolute Gasteiger partial charge is 0.492 e. The molecule has 0 aliphatic heterocycles. The predicted octanol–water partition coefficient (Wildman–Crippen LogP) is 3.29. The Kier molecular flexibility index (Phi) is 5.70. The van der Waals surface area contributed by atoms with Gasteiger partial charge in [-0.05, 0) is 24.6 Å². The number of rotatable bonds is 7. The van der Waals surface area contributed by atoms with Crippen molar-refractivity contribution in [2.75, 3.05) is 6.61 Å². The Labute approximate surface area is 106 Å². The molecule has 0 saturated heterocycles. The van der Waals surface area contributed by atoms with Gasteiger partial charge in [-0.3, -0.25) is 9.59 Å². The Bertz CT molecular complexity index is 402. The van der Waals surface area contributed by atoms with E-state index in [-0.39, 0.29) is 5.78 Å². The molecule has 0 unspecified atom stereocenters. The number of carbonyl (C=O) groups excluding carboxylic acids is 2. The summed E-state index contributed by atoms with van der Waals surface area (Å²) in [6.45, 7) is 2.30. The first-order chi connectivity index (χ1) is 8.17. The number of hydrogen-bond acceptors (Lipinski definition) is 3. The number of benzene rings is 1. The van der Waals surface area contributed by atoms with Crippen molar-refractivity contribution in [1.29, 1.82) is 0 Å². The highest BCUT2D eigenvalue weighted by atomic mass is 35.5. The van der Waals surface area contributed by atoms with E-state index in [1.807, 2.05) is 6.92 Å². The highest BCUT2D eigenvalue weighted by molar-refractivity contribution is 6.32. The Hall–Kier alpha value is -1.35. The minimum absolute atomic E-state index is 0.232. The van der Waals surface area contributed by atoms with Crippen LogP contribution >= 0.6 is 11.6 Å². The van der Waals surface area contributed by atoms with Crippen LogP contribution in [0.5, 0.6) is 5.75 Å². The molecular formula is C13H15ClO3. The first-order valence-corrected chi connectivity index (χ1v) is 5.94. The summed E-state index contributed by atoms with van der Waals surface area (Å²) in [5.41, 5.74) is 0.517. The summed E-state index contributed by atoms with van der Waals surface area (Å²) in [5.74, 6) is 0.775. The fraction of sp³-hybridized carbons (Fsp3) is 0.385. The van der Waals surface area contributed by atoms with Gasteiger partial charge in [0.1, 0.15) is 17.8 Å². The van der Waals surface area contributed by atoms with Gasteiger partial charge in [0.05, 0.1) is 11.6 Å². The highest BCUT2D eigenvalue weighted by Crippen LogP contribution is 2.25. The van der Waals surface area contributed by atoms with Crippen LogP contribution in [-0.2, 0) is 4.79 Å². The summed E-state index contributed by atoms with van der Waals surface area (Å²) in [7, 11) is 0. The van der Waals surface area contributed by atoms with Crippen LogP contribution in [0.15, 0.2) is 18.2 Å². The van der Waals surface area contributed by atoms with Crippen molar-refractivity contribution in [2.45, 2.75) is 26.2 Å². The molecule has 0 fully saturated rings. The second kappa shape index (κ2) is 7.07. The minimum Gasteiger partial charge on any atom is -0.492 e. The SMILES string of the molecule is CCC(=O)CCCOc1ccc(C=O)cc1Cl. The summed E-state index contributed by atoms with van der Waals surface area (Å²) in [4.78, 5) is 21.6. The normalized spacial score (nSPS) is 10.0. The molecule has 1 aromatic rings. The molecule has 92 valence electrons. The third kappa shape index (κ3) is 4.57. The molecule has 0 saturated carbocycles. The maximum Gasteiger partial charge on any atom is 0.150 e. The highest BCUT2D eigenvalue weighted by Gasteiger charge is 2.03. The number of ether oxygens (including phenoxy) is 1. The van der Waals surface area contributed by atoms with E-state index in [1.165, 1.54) is 0 Å². The van der Waals surface area contributed by atoms with Crippen LogP contribution in [0.25, 0.3) is 0 Å². The molecule has 4 heteroatoms. The van der Waals surface area contributed by atoms with Gasteiger partial charge in [0, 0.05) is 18.4 Å². The van der Waals surface area contributed by atoms with Crippen molar-refractivity contribution in [3.8, 4) is 5.75 Å². The number of hydrogen-bond donors (Lipinski definition) is 0. The first kappa shape index (κ1) is 13.7. The van der Waals surface area contributed by atoms with Gasteiger partial charge in [-0.15, -0.1) is 0 Å². The molecule has 0 N–H and O–H groups in total. The topological polar surface area (TPSA) is 43.4 Å². The monoisotopic (exact) mass is 254 g/mol. The van der Waals surface area contributed by atoms with Crippen LogP contribution in [0, 0.1) is 0 Å². The Morgan fingerprint density at radius 3 is 2.82 bits per heavy atom. The lowest BCUT2D eigenvalue weighted by Crippen LogP contribution is -2.02. The van der Waals surface area contributed by atoms with E-state index in [2.05, 4.69) is 0 Å². The summed E-state index contributed by atoms with van der Waals surface area (Å²) in [5, 5.41) is 0.413. The third-order valence-electron chi connectivity index (χ3n) is 2.34. The van der Waals surface area contributed by atoms with Gasteiger partial charge in [0.2, 0.25) is 0 Å². The van der Waals surface area contributed by atoms with Gasteiger partial charge in [-0.1, -0.05) is 18.5 Å². The van der Waals surface area contributed by atoms with Gasteiger partial charge < -0.3 is 4.74 Å². The number of carbonyl (C=O) groups is 2. The van der Waals surface area contributed by atoms with Crippen molar-refractivity contribution in [3.63, 3.8) is 0 Å². The molecule has 0 aromatic heterocycles. The van der Waals surface area contributed by atoms with E-state index < -0.39 is 0 Å². The van der Waals surface area contributed by atoms with Gasteiger partial charge in [0.15, 0.2) is 0 Å². The molecule has 0 spiro atoms. The lowest BCUT2D eigenvalue weighted by molar-refractivity contribution is -0.118. The third-order valence-corrected chi connectivity index (χ3v) is 2.64. The van der Waals surface area contributed by atoms with Crippen LogP contribution in [0.4, 0.5) is 0 Å². The zero-order chi connectivity index (χ0) is 12.7. The van der Waals surface area contributed by atoms with Crippen molar-refractivity contribution in [3.05, 3.63) is 28.8 Å². The smallest absolute Gasteiger partial charge is 0.150 e. The fourth-order valence-corrected chi connectivity index (χ4v) is 1.58. The number of Topliss-reactive ketones (excluding diaryl/α,β-unsaturated/α-hetero) is 1. The van der Waals surface area contributed by atoms with Crippen LogP contribution in [-0.4, -0.2) is 18.7 Å². The zero-order valence-electron chi connectivity index (χ0n) is 9.74. The predicted molar refractivity (Wildman–Crippen MR) is 66.9 cm³/mol. The molecule has 0 radical (unpaired) electrons. The Morgan fingerprint density at radius 2 is 2.24 bits per heavy atom. The average Bonchev–Trinajstić information content (AvgIpc) is 2.35. The molecule has 0 aliphatic rings. The van der Waals surface area contributed by atoms with Gasteiger partial charge >= 0.3 is 0 Å². The molecule has 0 aliphatic carbocycles. The lowest BCUT2D eigenvalue weighted by Gasteiger charge is -2.07.